The summed E-state index contributed by atoms with van der Waals surface area (Å²) in [4.78, 5) is 64.1. The quantitative estimate of drug-likeness (QED) is 0.212. The number of Topliss-reactive ketones (excluding diaryl/α,β-unsaturated/α-hetero) is 1. The van der Waals surface area contributed by atoms with Gasteiger partial charge in [0.25, 0.3) is 5.56 Å². The lowest BCUT2D eigenvalue weighted by Gasteiger charge is -2.34. The van der Waals surface area contributed by atoms with Crippen molar-refractivity contribution >= 4 is 56.6 Å². The van der Waals surface area contributed by atoms with Crippen LogP contribution in [0.4, 0.5) is 22.2 Å². The number of hydrogen-bond donors (Lipinski definition) is 3. The topological polar surface area (TPSA) is 198 Å². The van der Waals surface area contributed by atoms with Gasteiger partial charge in [0, 0.05) is 63.8 Å². The minimum absolute atomic E-state index is 0.0235. The molecule has 1 saturated heterocycles. The summed E-state index contributed by atoms with van der Waals surface area (Å²) in [6.45, 7) is 5.52. The molecule has 0 radical (unpaired) electrons. The van der Waals surface area contributed by atoms with E-state index in [2.05, 4.69) is 35.1 Å². The Morgan fingerprint density at radius 3 is 2.30 bits per heavy atom. The zero-order valence-corrected chi connectivity index (χ0v) is 26.7. The largest absolute Gasteiger partial charge is 0.423 e. The van der Waals surface area contributed by atoms with Crippen LogP contribution in [0.2, 0.25) is 0 Å². The molecule has 46 heavy (non-hydrogen) atoms. The van der Waals surface area contributed by atoms with E-state index in [-0.39, 0.29) is 61.0 Å². The van der Waals surface area contributed by atoms with Crippen molar-refractivity contribution in [3.63, 3.8) is 0 Å². The number of carbonyl (C=O) groups is 3. The van der Waals surface area contributed by atoms with Crippen LogP contribution in [0.3, 0.4) is 0 Å². The first-order valence-corrected chi connectivity index (χ1v) is 16.4. The number of aromatic nitrogens is 4. The summed E-state index contributed by atoms with van der Waals surface area (Å²) in [7, 11) is -4.29. The molecule has 1 saturated carbocycles. The molecule has 0 bridgehead atoms. The number of carbonyl (C=O) groups excluding carboxylic acids is 3. The third kappa shape index (κ3) is 7.25. The van der Waals surface area contributed by atoms with Gasteiger partial charge in [0.05, 0.1) is 17.4 Å². The SMILES string of the molecule is CC(=O)NCCNC(=O)OS(=O)(=O)N1CCN(c2ccc(Nc3ncc4c(C)c(C(C)=O)c(=O)n(C5CCCC5)c4n3)nc2)CC1. The number of pyridine rings is 2. The summed E-state index contributed by atoms with van der Waals surface area (Å²) in [5.41, 5.74) is 1.66. The van der Waals surface area contributed by atoms with Crippen LogP contribution in [0.5, 0.6) is 0 Å². The Balaban J connectivity index is 1.23. The molecule has 0 aromatic carbocycles. The number of nitrogens with one attached hydrogen (secondary N) is 3. The van der Waals surface area contributed by atoms with E-state index in [1.165, 1.54) is 13.8 Å². The zero-order valence-electron chi connectivity index (χ0n) is 25.9. The van der Waals surface area contributed by atoms with Crippen LogP contribution in [0.25, 0.3) is 11.0 Å². The fraction of sp³-hybridized carbons (Fsp3) is 0.483. The normalized spacial score (nSPS) is 15.9. The third-order valence-corrected chi connectivity index (χ3v) is 9.47. The monoisotopic (exact) mass is 655 g/mol. The summed E-state index contributed by atoms with van der Waals surface area (Å²) < 4.78 is 32.5. The fourth-order valence-electron chi connectivity index (χ4n) is 5.82. The maximum absolute atomic E-state index is 13.5. The van der Waals surface area contributed by atoms with Crippen LogP contribution in [0.15, 0.2) is 29.3 Å². The zero-order chi connectivity index (χ0) is 33.0. The Morgan fingerprint density at radius 2 is 1.67 bits per heavy atom. The molecule has 246 valence electrons. The summed E-state index contributed by atoms with van der Waals surface area (Å²) in [5.74, 6) is 0.174. The van der Waals surface area contributed by atoms with Crippen molar-refractivity contribution in [3.05, 3.63) is 46.0 Å². The van der Waals surface area contributed by atoms with Crippen molar-refractivity contribution in [2.45, 2.75) is 52.5 Å². The molecular formula is C29H37N9O7S. The third-order valence-electron chi connectivity index (χ3n) is 8.11. The molecule has 17 heteroatoms. The van der Waals surface area contributed by atoms with Gasteiger partial charge >= 0.3 is 16.4 Å². The molecule has 0 atom stereocenters. The average molecular weight is 656 g/mol. The predicted molar refractivity (Wildman–Crippen MR) is 169 cm³/mol. The van der Waals surface area contributed by atoms with Gasteiger partial charge in [0.15, 0.2) is 5.78 Å². The van der Waals surface area contributed by atoms with E-state index in [1.807, 2.05) is 11.0 Å². The van der Waals surface area contributed by atoms with Crippen LogP contribution in [0.1, 0.15) is 61.5 Å². The maximum Gasteiger partial charge on any atom is 0.423 e. The summed E-state index contributed by atoms with van der Waals surface area (Å²) in [5, 5.41) is 8.51. The number of anilines is 3. The van der Waals surface area contributed by atoms with E-state index in [4.69, 9.17) is 0 Å². The van der Waals surface area contributed by atoms with Gasteiger partial charge in [-0.1, -0.05) is 12.8 Å². The molecule has 0 spiro atoms. The minimum atomic E-state index is -4.29. The predicted octanol–water partition coefficient (Wildman–Crippen LogP) is 1.79. The molecule has 0 unspecified atom stereocenters. The maximum atomic E-state index is 13.5. The second kappa shape index (κ2) is 13.8. The molecule has 16 nitrogen and oxygen atoms in total. The highest BCUT2D eigenvalue weighted by molar-refractivity contribution is 7.84. The van der Waals surface area contributed by atoms with Gasteiger partial charge in [-0.3, -0.25) is 19.0 Å². The van der Waals surface area contributed by atoms with E-state index in [0.29, 0.717) is 35.5 Å². The lowest BCUT2D eigenvalue weighted by Crippen LogP contribution is -2.50. The molecule has 3 N–H and O–H groups in total. The number of nitrogens with zero attached hydrogens (tertiary/aromatic N) is 6. The Morgan fingerprint density at radius 1 is 0.978 bits per heavy atom. The first kappa shape index (κ1) is 32.7. The number of hydrogen-bond acceptors (Lipinski definition) is 12. The first-order chi connectivity index (χ1) is 21.9. The van der Waals surface area contributed by atoms with Gasteiger partial charge in [0.2, 0.25) is 11.9 Å². The molecule has 4 heterocycles. The van der Waals surface area contributed by atoms with Crippen LogP contribution in [0, 0.1) is 6.92 Å². The lowest BCUT2D eigenvalue weighted by atomic mass is 10.0. The average Bonchev–Trinajstić information content (AvgIpc) is 3.54. The number of aryl methyl sites for hydroxylation is 1. The number of amides is 2. The number of piperazine rings is 1. The summed E-state index contributed by atoms with van der Waals surface area (Å²) in [6.07, 6.45) is 5.85. The van der Waals surface area contributed by atoms with Crippen molar-refractivity contribution in [3.8, 4) is 0 Å². The smallest absolute Gasteiger partial charge is 0.368 e. The summed E-state index contributed by atoms with van der Waals surface area (Å²) >= 11 is 0. The van der Waals surface area contributed by atoms with Crippen molar-refractivity contribution in [2.24, 2.45) is 0 Å². The van der Waals surface area contributed by atoms with Crippen molar-refractivity contribution in [1.82, 2.24) is 34.5 Å². The standard InChI is InChI=1S/C29H37N9O7S/c1-18-23-17-33-28(35-26(23)38(21-6-4-5-7-21)27(41)25(18)19(2)39)34-24-9-8-22(16-32-24)36-12-14-37(15-13-36)46(43,44)45-29(42)31-11-10-30-20(3)40/h8-9,16-17,21H,4-7,10-15H2,1-3H3,(H,30,40)(H,31,42)(H,32,33,34,35). The van der Waals surface area contributed by atoms with E-state index >= 15 is 0 Å². The van der Waals surface area contributed by atoms with Gasteiger partial charge in [0.1, 0.15) is 11.5 Å². The summed E-state index contributed by atoms with van der Waals surface area (Å²) in [6, 6.07) is 3.54. The molecular weight excluding hydrogens is 618 g/mol. The van der Waals surface area contributed by atoms with Crippen LogP contribution < -0.4 is 26.4 Å². The second-order valence-corrected chi connectivity index (χ2v) is 12.8. The highest BCUT2D eigenvalue weighted by Crippen LogP contribution is 2.32. The molecule has 1 aliphatic heterocycles. The van der Waals surface area contributed by atoms with Gasteiger partial charge < -0.3 is 25.0 Å². The van der Waals surface area contributed by atoms with E-state index < -0.39 is 16.4 Å². The second-order valence-electron chi connectivity index (χ2n) is 11.3. The lowest BCUT2D eigenvalue weighted by molar-refractivity contribution is -0.118. The van der Waals surface area contributed by atoms with Gasteiger partial charge in [-0.05, 0) is 44.4 Å². The highest BCUT2D eigenvalue weighted by Gasteiger charge is 2.31. The molecule has 1 aliphatic carbocycles. The van der Waals surface area contributed by atoms with Crippen molar-refractivity contribution < 1.29 is 27.0 Å². The van der Waals surface area contributed by atoms with Gasteiger partial charge in [-0.25, -0.2) is 14.8 Å². The molecule has 2 fully saturated rings. The van der Waals surface area contributed by atoms with E-state index in [9.17, 15) is 27.6 Å². The molecule has 3 aromatic rings. The van der Waals surface area contributed by atoms with Crippen LogP contribution >= 0.6 is 0 Å². The van der Waals surface area contributed by atoms with E-state index in [0.717, 1.165) is 35.7 Å². The Bertz CT molecular complexity index is 1800. The molecule has 2 amide bonds. The van der Waals surface area contributed by atoms with E-state index in [1.54, 1.807) is 30.0 Å². The van der Waals surface area contributed by atoms with Crippen LogP contribution in [-0.2, 0) is 19.3 Å². The number of rotatable bonds is 10. The molecule has 3 aromatic heterocycles. The van der Waals surface area contributed by atoms with Crippen LogP contribution in [-0.4, -0.2) is 89.3 Å². The molecule has 2 aliphatic rings. The van der Waals surface area contributed by atoms with Gasteiger partial charge in [-0.15, -0.1) is 0 Å². The molecule has 5 rings (SSSR count). The Labute approximate surface area is 265 Å². The highest BCUT2D eigenvalue weighted by atomic mass is 32.2. The Hall–Kier alpha value is -4.64. The van der Waals surface area contributed by atoms with Crippen molar-refractivity contribution in [1.29, 1.82) is 0 Å². The minimum Gasteiger partial charge on any atom is -0.368 e. The van der Waals surface area contributed by atoms with Gasteiger partial charge in [-0.2, -0.15) is 17.7 Å². The number of ketones is 1. The fourth-order valence-corrected chi connectivity index (χ4v) is 6.79. The first-order valence-electron chi connectivity index (χ1n) is 15.1. The number of fused-ring (bicyclic) bond motifs is 1. The van der Waals surface area contributed by atoms with Crippen molar-refractivity contribution in [2.75, 3.05) is 49.5 Å². The Kier molecular flexibility index (Phi) is 9.81.